The molecule has 0 aromatic carbocycles. The molecule has 0 amide bonds. The molecule has 0 aliphatic carbocycles. The van der Waals surface area contributed by atoms with Crippen LogP contribution in [0.4, 0.5) is 4.39 Å². The van der Waals surface area contributed by atoms with Crippen LogP contribution in [0.1, 0.15) is 17.5 Å². The minimum Gasteiger partial charge on any atom is -0.306 e. The second-order valence-electron chi connectivity index (χ2n) is 3.45. The van der Waals surface area contributed by atoms with E-state index in [1.165, 1.54) is 17.4 Å². The molecule has 0 radical (unpaired) electrons. The van der Waals surface area contributed by atoms with Crippen LogP contribution in [0.3, 0.4) is 0 Å². The highest BCUT2D eigenvalue weighted by Crippen LogP contribution is 2.13. The molecule has 6 heteroatoms. The van der Waals surface area contributed by atoms with Gasteiger partial charge in [0.25, 0.3) is 0 Å². The molecular weight excluding hydrogens is 261 g/mol. The van der Waals surface area contributed by atoms with E-state index in [2.05, 4.69) is 17.3 Å². The number of aromatic nitrogens is 2. The smallest absolute Gasteiger partial charge is 0.176 e. The first-order chi connectivity index (χ1) is 7.79. The predicted octanol–water partition coefficient (Wildman–Crippen LogP) is 2.82. The number of thiophene rings is 1. The first kappa shape index (κ1) is 14.2. The number of hydrogen-bond acceptors (Lipinski definition) is 3. The lowest BCUT2D eigenvalue weighted by Crippen LogP contribution is -2.15. The highest BCUT2D eigenvalue weighted by Gasteiger charge is 2.01. The van der Waals surface area contributed by atoms with E-state index in [4.69, 9.17) is 0 Å². The molecule has 0 fully saturated rings. The van der Waals surface area contributed by atoms with E-state index in [0.29, 0.717) is 6.54 Å². The first-order valence-electron chi connectivity index (χ1n) is 5.25. The Labute approximate surface area is 110 Å². The molecule has 0 aliphatic heterocycles. The van der Waals surface area contributed by atoms with Crippen LogP contribution in [0, 0.1) is 5.13 Å². The number of nitrogens with zero attached hydrogens (tertiary/aromatic N) is 2. The summed E-state index contributed by atoms with van der Waals surface area (Å²) < 4.78 is 14.7. The minimum atomic E-state index is -0.129. The Morgan fingerprint density at radius 2 is 2.18 bits per heavy atom. The third kappa shape index (κ3) is 3.80. The molecule has 0 saturated carbocycles. The molecule has 0 bridgehead atoms. The number of aryl methyl sites for hydroxylation is 1. The maximum absolute atomic E-state index is 12.7. The van der Waals surface area contributed by atoms with Crippen LogP contribution in [0.5, 0.6) is 0 Å². The Morgan fingerprint density at radius 3 is 2.82 bits per heavy atom. The molecule has 2 rings (SSSR count). The van der Waals surface area contributed by atoms with Gasteiger partial charge < -0.3 is 5.32 Å². The number of halogens is 2. The molecule has 94 valence electrons. The maximum Gasteiger partial charge on any atom is 0.176 e. The molecule has 0 spiro atoms. The standard InChI is InChI=1S/C11H14FN3S.ClH/c1-2-15-9(5-6-14-15)7-13-8-10-3-4-11(12)16-10;/h3-6,13H,2,7-8H2,1H3;1H. The highest BCUT2D eigenvalue weighted by molar-refractivity contribution is 7.10. The van der Waals surface area contributed by atoms with E-state index < -0.39 is 0 Å². The summed E-state index contributed by atoms with van der Waals surface area (Å²) in [6, 6.07) is 5.30. The van der Waals surface area contributed by atoms with Crippen molar-refractivity contribution in [3.63, 3.8) is 0 Å². The third-order valence-electron chi connectivity index (χ3n) is 2.34. The van der Waals surface area contributed by atoms with Gasteiger partial charge in [-0.15, -0.1) is 23.7 Å². The van der Waals surface area contributed by atoms with Crippen LogP contribution in [-0.2, 0) is 19.6 Å². The van der Waals surface area contributed by atoms with Gasteiger partial charge in [-0.2, -0.15) is 9.49 Å². The Hall–Kier alpha value is -0.910. The molecular formula is C11H15ClFN3S. The Morgan fingerprint density at radius 1 is 1.35 bits per heavy atom. The normalized spacial score (nSPS) is 10.2. The summed E-state index contributed by atoms with van der Waals surface area (Å²) in [4.78, 5) is 1.01. The van der Waals surface area contributed by atoms with Crippen molar-refractivity contribution < 1.29 is 4.39 Å². The van der Waals surface area contributed by atoms with Crippen molar-refractivity contribution in [1.82, 2.24) is 15.1 Å². The second kappa shape index (κ2) is 6.74. The molecule has 0 unspecified atom stereocenters. The molecule has 3 nitrogen and oxygen atoms in total. The van der Waals surface area contributed by atoms with Gasteiger partial charge in [0, 0.05) is 30.7 Å². The summed E-state index contributed by atoms with van der Waals surface area (Å²) in [5.41, 5.74) is 1.15. The molecule has 2 aromatic rings. The fraction of sp³-hybridized carbons (Fsp3) is 0.364. The third-order valence-corrected chi connectivity index (χ3v) is 3.21. The van der Waals surface area contributed by atoms with E-state index in [1.54, 1.807) is 6.20 Å². The summed E-state index contributed by atoms with van der Waals surface area (Å²) in [7, 11) is 0. The second-order valence-corrected chi connectivity index (χ2v) is 4.57. The van der Waals surface area contributed by atoms with Gasteiger partial charge in [0.15, 0.2) is 5.13 Å². The molecule has 0 atom stereocenters. The quantitative estimate of drug-likeness (QED) is 0.909. The Bertz CT molecular complexity index is 455. The molecule has 0 saturated heterocycles. The van der Waals surface area contributed by atoms with Crippen molar-refractivity contribution in [3.8, 4) is 0 Å². The van der Waals surface area contributed by atoms with E-state index in [9.17, 15) is 4.39 Å². The number of hydrogen-bond donors (Lipinski definition) is 1. The van der Waals surface area contributed by atoms with Gasteiger partial charge in [-0.1, -0.05) is 0 Å². The van der Waals surface area contributed by atoms with Crippen LogP contribution in [0.25, 0.3) is 0 Å². The molecule has 2 heterocycles. The Kier molecular flexibility index (Phi) is 5.61. The summed E-state index contributed by atoms with van der Waals surface area (Å²) in [6.07, 6.45) is 1.80. The van der Waals surface area contributed by atoms with E-state index in [1.807, 2.05) is 16.8 Å². The lowest BCUT2D eigenvalue weighted by molar-refractivity contribution is 0.583. The molecule has 2 aromatic heterocycles. The van der Waals surface area contributed by atoms with Crippen LogP contribution < -0.4 is 5.32 Å². The summed E-state index contributed by atoms with van der Waals surface area (Å²) in [5.74, 6) is 0. The fourth-order valence-electron chi connectivity index (χ4n) is 1.56. The molecule has 0 aliphatic rings. The number of nitrogens with one attached hydrogen (secondary N) is 1. The zero-order chi connectivity index (χ0) is 11.4. The first-order valence-corrected chi connectivity index (χ1v) is 6.07. The van der Waals surface area contributed by atoms with Crippen LogP contribution >= 0.6 is 23.7 Å². The molecule has 1 N–H and O–H groups in total. The highest BCUT2D eigenvalue weighted by atomic mass is 35.5. The SMILES string of the molecule is CCn1nccc1CNCc1ccc(F)s1.Cl. The monoisotopic (exact) mass is 275 g/mol. The predicted molar refractivity (Wildman–Crippen MR) is 70.0 cm³/mol. The summed E-state index contributed by atoms with van der Waals surface area (Å²) >= 11 is 1.18. The van der Waals surface area contributed by atoms with Crippen molar-refractivity contribution in [2.24, 2.45) is 0 Å². The van der Waals surface area contributed by atoms with Gasteiger partial charge in [-0.25, -0.2) is 0 Å². The summed E-state index contributed by atoms with van der Waals surface area (Å²) in [6.45, 7) is 4.39. The largest absolute Gasteiger partial charge is 0.306 e. The zero-order valence-electron chi connectivity index (χ0n) is 9.52. The van der Waals surface area contributed by atoms with Crippen molar-refractivity contribution in [1.29, 1.82) is 0 Å². The Balaban J connectivity index is 0.00000144. The zero-order valence-corrected chi connectivity index (χ0v) is 11.2. The van der Waals surface area contributed by atoms with Crippen LogP contribution in [0.15, 0.2) is 24.4 Å². The maximum atomic E-state index is 12.7. The van der Waals surface area contributed by atoms with Gasteiger partial charge in [0.05, 0.1) is 5.69 Å². The topological polar surface area (TPSA) is 29.9 Å². The van der Waals surface area contributed by atoms with Gasteiger partial charge in [0.2, 0.25) is 0 Å². The minimum absolute atomic E-state index is 0. The van der Waals surface area contributed by atoms with Gasteiger partial charge >= 0.3 is 0 Å². The van der Waals surface area contributed by atoms with Crippen LogP contribution in [-0.4, -0.2) is 9.78 Å². The van der Waals surface area contributed by atoms with Crippen molar-refractivity contribution in [2.75, 3.05) is 0 Å². The lowest BCUT2D eigenvalue weighted by Gasteiger charge is -2.05. The van der Waals surface area contributed by atoms with Crippen molar-refractivity contribution >= 4 is 23.7 Å². The average Bonchev–Trinajstić information content (AvgIpc) is 2.87. The van der Waals surface area contributed by atoms with E-state index in [0.717, 1.165) is 23.7 Å². The van der Waals surface area contributed by atoms with Crippen molar-refractivity contribution in [3.05, 3.63) is 40.1 Å². The van der Waals surface area contributed by atoms with Gasteiger partial charge in [0.1, 0.15) is 0 Å². The fourth-order valence-corrected chi connectivity index (χ4v) is 2.25. The van der Waals surface area contributed by atoms with E-state index in [-0.39, 0.29) is 17.5 Å². The molecule has 17 heavy (non-hydrogen) atoms. The van der Waals surface area contributed by atoms with E-state index >= 15 is 0 Å². The van der Waals surface area contributed by atoms with Gasteiger partial charge in [-0.3, -0.25) is 4.68 Å². The summed E-state index contributed by atoms with van der Waals surface area (Å²) in [5, 5.41) is 7.33. The van der Waals surface area contributed by atoms with Crippen LogP contribution in [0.2, 0.25) is 0 Å². The van der Waals surface area contributed by atoms with Crippen molar-refractivity contribution in [2.45, 2.75) is 26.6 Å². The average molecular weight is 276 g/mol. The van der Waals surface area contributed by atoms with Gasteiger partial charge in [-0.05, 0) is 25.1 Å². The lowest BCUT2D eigenvalue weighted by atomic mass is 10.4. The number of rotatable bonds is 5.